The minimum absolute atomic E-state index is 0.311. The summed E-state index contributed by atoms with van der Waals surface area (Å²) < 4.78 is 5.51. The van der Waals surface area contributed by atoms with Crippen molar-refractivity contribution in [2.45, 2.75) is 13.8 Å². The van der Waals surface area contributed by atoms with Crippen molar-refractivity contribution in [1.29, 1.82) is 0 Å². The molecule has 0 aliphatic heterocycles. The standard InChI is InChI=1S/C15H14ClNOS/c1-10-3-6-13(9-11(10)2)17-15(19)18-14-7-4-12(16)5-8-14/h3-9H,1-2H3,(H,17,19). The van der Waals surface area contributed by atoms with Crippen LogP contribution in [0, 0.1) is 13.8 Å². The van der Waals surface area contributed by atoms with Crippen molar-refractivity contribution < 1.29 is 4.74 Å². The first-order valence-corrected chi connectivity index (χ1v) is 6.65. The van der Waals surface area contributed by atoms with Crippen LogP contribution in [0.3, 0.4) is 0 Å². The van der Waals surface area contributed by atoms with E-state index in [9.17, 15) is 0 Å². The highest BCUT2D eigenvalue weighted by Gasteiger charge is 2.02. The first kappa shape index (κ1) is 13.8. The van der Waals surface area contributed by atoms with E-state index in [-0.39, 0.29) is 0 Å². The van der Waals surface area contributed by atoms with Gasteiger partial charge in [0.15, 0.2) is 0 Å². The maximum absolute atomic E-state index is 5.81. The van der Waals surface area contributed by atoms with Crippen LogP contribution in [0.1, 0.15) is 11.1 Å². The van der Waals surface area contributed by atoms with Gasteiger partial charge in [-0.05, 0) is 73.6 Å². The Kier molecular flexibility index (Phi) is 4.40. The minimum atomic E-state index is 0.311. The van der Waals surface area contributed by atoms with Crippen molar-refractivity contribution >= 4 is 34.7 Å². The predicted molar refractivity (Wildman–Crippen MR) is 84.2 cm³/mol. The molecule has 4 heteroatoms. The number of nitrogens with one attached hydrogen (secondary N) is 1. The third-order valence-corrected chi connectivity index (χ3v) is 3.21. The topological polar surface area (TPSA) is 21.3 Å². The van der Waals surface area contributed by atoms with Crippen LogP contribution in [-0.4, -0.2) is 5.17 Å². The molecule has 0 fully saturated rings. The number of hydrogen-bond acceptors (Lipinski definition) is 2. The van der Waals surface area contributed by atoms with Crippen LogP contribution in [0.15, 0.2) is 42.5 Å². The molecule has 1 N–H and O–H groups in total. The van der Waals surface area contributed by atoms with E-state index in [2.05, 4.69) is 19.2 Å². The van der Waals surface area contributed by atoms with Crippen LogP contribution in [0.4, 0.5) is 5.69 Å². The molecule has 0 atom stereocenters. The van der Waals surface area contributed by atoms with Gasteiger partial charge in [0.1, 0.15) is 5.75 Å². The second kappa shape index (κ2) is 6.04. The van der Waals surface area contributed by atoms with Gasteiger partial charge >= 0.3 is 0 Å². The smallest absolute Gasteiger partial charge is 0.266 e. The second-order valence-corrected chi connectivity index (χ2v) is 5.07. The molecular formula is C15H14ClNOS. The minimum Gasteiger partial charge on any atom is -0.432 e. The molecule has 0 radical (unpaired) electrons. The summed E-state index contributed by atoms with van der Waals surface area (Å²) in [5, 5.41) is 4.03. The van der Waals surface area contributed by atoms with Gasteiger partial charge in [0.25, 0.3) is 5.17 Å². The van der Waals surface area contributed by atoms with Crippen molar-refractivity contribution in [2.75, 3.05) is 5.32 Å². The van der Waals surface area contributed by atoms with E-state index >= 15 is 0 Å². The SMILES string of the molecule is Cc1ccc(NC(=S)Oc2ccc(Cl)cc2)cc1C. The number of thiocarbonyl (C=S) groups is 1. The normalized spacial score (nSPS) is 10.1. The third kappa shape index (κ3) is 3.94. The third-order valence-electron chi connectivity index (χ3n) is 2.78. The monoisotopic (exact) mass is 291 g/mol. The van der Waals surface area contributed by atoms with Crippen LogP contribution < -0.4 is 10.1 Å². The molecule has 2 aromatic carbocycles. The summed E-state index contributed by atoms with van der Waals surface area (Å²) in [4.78, 5) is 0. The van der Waals surface area contributed by atoms with Gasteiger partial charge in [0.2, 0.25) is 0 Å². The maximum Gasteiger partial charge on any atom is 0.266 e. The lowest BCUT2D eigenvalue weighted by Crippen LogP contribution is -2.16. The summed E-state index contributed by atoms with van der Waals surface area (Å²) >= 11 is 11.0. The number of aryl methyl sites for hydroxylation is 2. The zero-order valence-electron chi connectivity index (χ0n) is 10.7. The molecule has 0 amide bonds. The Morgan fingerprint density at radius 1 is 1.05 bits per heavy atom. The van der Waals surface area contributed by atoms with Crippen LogP contribution in [0.2, 0.25) is 5.02 Å². The molecular weight excluding hydrogens is 278 g/mol. The second-order valence-electron chi connectivity index (χ2n) is 4.27. The number of benzene rings is 2. The quantitative estimate of drug-likeness (QED) is 0.808. The molecule has 98 valence electrons. The molecule has 0 aliphatic rings. The average molecular weight is 292 g/mol. The summed E-state index contributed by atoms with van der Waals surface area (Å²) in [5.74, 6) is 0.658. The fourth-order valence-corrected chi connectivity index (χ4v) is 1.91. The number of anilines is 1. The zero-order valence-corrected chi connectivity index (χ0v) is 12.3. The molecule has 0 bridgehead atoms. The summed E-state index contributed by atoms with van der Waals surface area (Å²) in [7, 11) is 0. The Balaban J connectivity index is 2.01. The van der Waals surface area contributed by atoms with E-state index in [1.54, 1.807) is 24.3 Å². The highest BCUT2D eigenvalue weighted by molar-refractivity contribution is 7.80. The van der Waals surface area contributed by atoms with Crippen molar-refractivity contribution in [1.82, 2.24) is 0 Å². The van der Waals surface area contributed by atoms with Gasteiger partial charge in [-0.2, -0.15) is 0 Å². The first-order chi connectivity index (χ1) is 9.04. The van der Waals surface area contributed by atoms with Crippen molar-refractivity contribution in [3.63, 3.8) is 0 Å². The van der Waals surface area contributed by atoms with Crippen LogP contribution in [0.25, 0.3) is 0 Å². The highest BCUT2D eigenvalue weighted by Crippen LogP contribution is 2.17. The van der Waals surface area contributed by atoms with E-state index in [1.165, 1.54) is 11.1 Å². The lowest BCUT2D eigenvalue weighted by Gasteiger charge is -2.10. The lowest BCUT2D eigenvalue weighted by atomic mass is 10.1. The Bertz CT molecular complexity index is 596. The molecule has 0 spiro atoms. The fourth-order valence-electron chi connectivity index (χ4n) is 1.57. The summed E-state index contributed by atoms with van der Waals surface area (Å²) in [6, 6.07) is 13.1. The molecule has 0 unspecified atom stereocenters. The molecule has 2 rings (SSSR count). The molecule has 0 aromatic heterocycles. The molecule has 19 heavy (non-hydrogen) atoms. The van der Waals surface area contributed by atoms with Gasteiger partial charge in [0.05, 0.1) is 0 Å². The Hall–Kier alpha value is -1.58. The molecule has 0 saturated heterocycles. The number of halogens is 1. The van der Waals surface area contributed by atoms with Gasteiger partial charge < -0.3 is 10.1 Å². The van der Waals surface area contributed by atoms with Crippen molar-refractivity contribution in [3.05, 3.63) is 58.6 Å². The maximum atomic E-state index is 5.81. The Morgan fingerprint density at radius 2 is 1.74 bits per heavy atom. The van der Waals surface area contributed by atoms with Gasteiger partial charge in [-0.3, -0.25) is 0 Å². The zero-order chi connectivity index (χ0) is 13.8. The van der Waals surface area contributed by atoms with Crippen LogP contribution in [0.5, 0.6) is 5.75 Å². The molecule has 0 saturated carbocycles. The molecule has 2 nitrogen and oxygen atoms in total. The van der Waals surface area contributed by atoms with Gasteiger partial charge in [-0.25, -0.2) is 0 Å². The lowest BCUT2D eigenvalue weighted by molar-refractivity contribution is 0.563. The van der Waals surface area contributed by atoms with Gasteiger partial charge in [0, 0.05) is 10.7 Å². The Morgan fingerprint density at radius 3 is 2.37 bits per heavy atom. The molecule has 0 heterocycles. The summed E-state index contributed by atoms with van der Waals surface area (Å²) in [6.07, 6.45) is 0. The van der Waals surface area contributed by atoms with Crippen LogP contribution >= 0.6 is 23.8 Å². The van der Waals surface area contributed by atoms with E-state index in [4.69, 9.17) is 28.6 Å². The fraction of sp³-hybridized carbons (Fsp3) is 0.133. The first-order valence-electron chi connectivity index (χ1n) is 5.86. The molecule has 0 aliphatic carbocycles. The van der Waals surface area contributed by atoms with E-state index in [0.29, 0.717) is 15.9 Å². The van der Waals surface area contributed by atoms with E-state index < -0.39 is 0 Å². The predicted octanol–water partition coefficient (Wildman–Crippen LogP) is 4.73. The highest BCUT2D eigenvalue weighted by atomic mass is 35.5. The van der Waals surface area contributed by atoms with Gasteiger partial charge in [-0.15, -0.1) is 0 Å². The van der Waals surface area contributed by atoms with E-state index in [1.807, 2.05) is 18.2 Å². The van der Waals surface area contributed by atoms with Crippen molar-refractivity contribution in [2.24, 2.45) is 0 Å². The van der Waals surface area contributed by atoms with Crippen molar-refractivity contribution in [3.8, 4) is 5.75 Å². The van der Waals surface area contributed by atoms with Gasteiger partial charge in [-0.1, -0.05) is 17.7 Å². The van der Waals surface area contributed by atoms with Crippen LogP contribution in [-0.2, 0) is 0 Å². The number of ether oxygens (including phenoxy) is 1. The van der Waals surface area contributed by atoms with E-state index in [0.717, 1.165) is 5.69 Å². The Labute approximate surface area is 123 Å². The summed E-state index contributed by atoms with van der Waals surface area (Å²) in [6.45, 7) is 4.13. The largest absolute Gasteiger partial charge is 0.432 e. The number of rotatable bonds is 2. The molecule has 2 aromatic rings. The number of hydrogen-bond donors (Lipinski definition) is 1. The summed E-state index contributed by atoms with van der Waals surface area (Å²) in [5.41, 5.74) is 3.37. The average Bonchev–Trinajstić information content (AvgIpc) is 2.37.